The fourth-order valence-electron chi connectivity index (χ4n) is 1.76. The maximum Gasteiger partial charge on any atom is 0.261 e. The van der Waals surface area contributed by atoms with E-state index in [0.717, 1.165) is 24.3 Å². The molecule has 21 heavy (non-hydrogen) atoms. The molecule has 2 rings (SSSR count). The number of rotatable bonds is 4. The molecule has 112 valence electrons. The number of aliphatic hydroxyl groups excluding tert-OH is 1. The van der Waals surface area contributed by atoms with E-state index in [4.69, 9.17) is 5.11 Å². The second-order valence-corrected chi connectivity index (χ2v) is 6.16. The van der Waals surface area contributed by atoms with Gasteiger partial charge < -0.3 is 5.11 Å². The average molecular weight is 313 g/mol. The molecule has 0 bridgehead atoms. The maximum atomic E-state index is 13.3. The van der Waals surface area contributed by atoms with E-state index in [9.17, 15) is 17.2 Å². The van der Waals surface area contributed by atoms with Crippen molar-refractivity contribution in [1.82, 2.24) is 0 Å². The first kappa shape index (κ1) is 15.4. The van der Waals surface area contributed by atoms with E-state index >= 15 is 0 Å². The van der Waals surface area contributed by atoms with Crippen molar-refractivity contribution >= 4 is 15.7 Å². The van der Waals surface area contributed by atoms with Gasteiger partial charge in [-0.2, -0.15) is 0 Å². The van der Waals surface area contributed by atoms with E-state index in [1.54, 1.807) is 0 Å². The smallest absolute Gasteiger partial charge is 0.261 e. The molecule has 0 amide bonds. The van der Waals surface area contributed by atoms with Crippen LogP contribution >= 0.6 is 0 Å². The number of aliphatic hydroxyl groups is 1. The summed E-state index contributed by atoms with van der Waals surface area (Å²) in [5.74, 6) is -1.13. The van der Waals surface area contributed by atoms with Gasteiger partial charge >= 0.3 is 0 Å². The number of halogens is 2. The molecule has 2 aromatic carbocycles. The minimum Gasteiger partial charge on any atom is -0.392 e. The first-order valence-corrected chi connectivity index (χ1v) is 7.50. The minimum atomic E-state index is -3.94. The third-order valence-electron chi connectivity index (χ3n) is 2.91. The van der Waals surface area contributed by atoms with Gasteiger partial charge in [-0.3, -0.25) is 4.72 Å². The highest BCUT2D eigenvalue weighted by molar-refractivity contribution is 7.92. The highest BCUT2D eigenvalue weighted by atomic mass is 32.2. The van der Waals surface area contributed by atoms with Crippen LogP contribution in [-0.2, 0) is 16.6 Å². The summed E-state index contributed by atoms with van der Waals surface area (Å²) in [6.07, 6.45) is 0. The normalized spacial score (nSPS) is 11.4. The highest BCUT2D eigenvalue weighted by Gasteiger charge is 2.16. The summed E-state index contributed by atoms with van der Waals surface area (Å²) in [5.41, 5.74) is 0.377. The van der Waals surface area contributed by atoms with Gasteiger partial charge in [-0.25, -0.2) is 17.2 Å². The van der Waals surface area contributed by atoms with Gasteiger partial charge in [0.25, 0.3) is 10.0 Å². The van der Waals surface area contributed by atoms with Gasteiger partial charge in [0.1, 0.15) is 11.6 Å². The molecule has 0 aliphatic rings. The van der Waals surface area contributed by atoms with Crippen molar-refractivity contribution in [3.05, 3.63) is 59.2 Å². The zero-order valence-electron chi connectivity index (χ0n) is 11.1. The summed E-state index contributed by atoms with van der Waals surface area (Å²) in [7, 11) is -3.94. The van der Waals surface area contributed by atoms with Crippen LogP contribution in [0.2, 0.25) is 0 Å². The van der Waals surface area contributed by atoms with Crippen molar-refractivity contribution in [2.75, 3.05) is 4.72 Å². The number of benzene rings is 2. The summed E-state index contributed by atoms with van der Waals surface area (Å²) in [5, 5.41) is 8.97. The van der Waals surface area contributed by atoms with Crippen LogP contribution in [0.15, 0.2) is 41.3 Å². The molecule has 0 aliphatic heterocycles. The lowest BCUT2D eigenvalue weighted by molar-refractivity contribution is 0.275. The molecule has 0 heterocycles. The summed E-state index contributed by atoms with van der Waals surface area (Å²) in [6, 6.07) is 6.90. The number of aryl methyl sites for hydroxylation is 1. The van der Waals surface area contributed by atoms with Gasteiger partial charge in [-0.05, 0) is 48.9 Å². The molecule has 0 aliphatic carbocycles. The zero-order valence-corrected chi connectivity index (χ0v) is 11.9. The fraction of sp³-hybridized carbons (Fsp3) is 0.143. The molecular formula is C14H13F2NO3S. The van der Waals surface area contributed by atoms with Crippen LogP contribution in [0.5, 0.6) is 0 Å². The molecule has 0 spiro atoms. The SMILES string of the molecule is Cc1cc(NS(=O)(=O)c2ccc(F)c(CO)c2)ccc1F. The third kappa shape index (κ3) is 3.37. The summed E-state index contributed by atoms with van der Waals surface area (Å²) in [6.45, 7) is 0.903. The van der Waals surface area contributed by atoms with Crippen LogP contribution in [0.25, 0.3) is 0 Å². The average Bonchev–Trinajstić information content (AvgIpc) is 2.43. The number of nitrogens with one attached hydrogen (secondary N) is 1. The van der Waals surface area contributed by atoms with Crippen molar-refractivity contribution in [2.24, 2.45) is 0 Å². The van der Waals surface area contributed by atoms with E-state index < -0.39 is 28.3 Å². The molecule has 0 aromatic heterocycles. The molecule has 7 heteroatoms. The van der Waals surface area contributed by atoms with E-state index in [1.807, 2.05) is 0 Å². The predicted molar refractivity (Wildman–Crippen MR) is 74.3 cm³/mol. The molecule has 2 aromatic rings. The Morgan fingerprint density at radius 1 is 1.10 bits per heavy atom. The number of hydrogen-bond donors (Lipinski definition) is 2. The molecule has 0 fully saturated rings. The quantitative estimate of drug-likeness (QED) is 0.911. The summed E-state index contributed by atoms with van der Waals surface area (Å²) in [4.78, 5) is -0.185. The van der Waals surface area contributed by atoms with Gasteiger partial charge in [-0.1, -0.05) is 0 Å². The van der Waals surface area contributed by atoms with Gasteiger partial charge in [0, 0.05) is 11.3 Å². The Hall–Kier alpha value is -1.99. The van der Waals surface area contributed by atoms with E-state index in [-0.39, 0.29) is 16.1 Å². The van der Waals surface area contributed by atoms with Crippen LogP contribution in [0.4, 0.5) is 14.5 Å². The van der Waals surface area contributed by atoms with Gasteiger partial charge in [0.2, 0.25) is 0 Å². The van der Waals surface area contributed by atoms with Gasteiger partial charge in [0.05, 0.1) is 11.5 Å². The highest BCUT2D eigenvalue weighted by Crippen LogP contribution is 2.20. The van der Waals surface area contributed by atoms with E-state index in [2.05, 4.69) is 4.72 Å². The molecule has 0 saturated heterocycles. The molecule has 0 radical (unpaired) electrons. The molecule has 0 unspecified atom stereocenters. The lowest BCUT2D eigenvalue weighted by Crippen LogP contribution is -2.13. The second-order valence-electron chi connectivity index (χ2n) is 4.48. The van der Waals surface area contributed by atoms with Crippen molar-refractivity contribution in [3.8, 4) is 0 Å². The first-order chi connectivity index (χ1) is 9.83. The zero-order chi connectivity index (χ0) is 15.6. The van der Waals surface area contributed by atoms with Crippen molar-refractivity contribution in [2.45, 2.75) is 18.4 Å². The molecule has 4 nitrogen and oxygen atoms in total. The standard InChI is InChI=1S/C14H13F2NO3S/c1-9-6-11(2-4-13(9)15)17-21(19,20)12-3-5-14(16)10(7-12)8-18/h2-7,17-18H,8H2,1H3. The van der Waals surface area contributed by atoms with Crippen LogP contribution in [0.3, 0.4) is 0 Å². The largest absolute Gasteiger partial charge is 0.392 e. The Morgan fingerprint density at radius 2 is 1.76 bits per heavy atom. The van der Waals surface area contributed by atoms with Crippen molar-refractivity contribution in [1.29, 1.82) is 0 Å². The van der Waals surface area contributed by atoms with Crippen LogP contribution < -0.4 is 4.72 Å². The summed E-state index contributed by atoms with van der Waals surface area (Å²) < 4.78 is 53.0. The fourth-order valence-corrected chi connectivity index (χ4v) is 2.86. The van der Waals surface area contributed by atoms with E-state index in [0.29, 0.717) is 5.56 Å². The van der Waals surface area contributed by atoms with Crippen molar-refractivity contribution < 1.29 is 22.3 Å². The molecule has 0 atom stereocenters. The Morgan fingerprint density at radius 3 is 2.38 bits per heavy atom. The minimum absolute atomic E-state index is 0.117. The summed E-state index contributed by atoms with van der Waals surface area (Å²) >= 11 is 0. The topological polar surface area (TPSA) is 66.4 Å². The van der Waals surface area contributed by atoms with E-state index in [1.165, 1.54) is 19.1 Å². The lowest BCUT2D eigenvalue weighted by atomic mass is 10.2. The molecular weight excluding hydrogens is 300 g/mol. The lowest BCUT2D eigenvalue weighted by Gasteiger charge is -2.10. The van der Waals surface area contributed by atoms with Crippen LogP contribution in [-0.4, -0.2) is 13.5 Å². The first-order valence-electron chi connectivity index (χ1n) is 6.02. The number of hydrogen-bond acceptors (Lipinski definition) is 3. The van der Waals surface area contributed by atoms with Gasteiger partial charge in [0.15, 0.2) is 0 Å². The number of sulfonamides is 1. The Labute approximate surface area is 121 Å². The molecule has 2 N–H and O–H groups in total. The van der Waals surface area contributed by atoms with Crippen molar-refractivity contribution in [3.63, 3.8) is 0 Å². The second kappa shape index (κ2) is 5.79. The predicted octanol–water partition coefficient (Wildman–Crippen LogP) is 2.57. The monoisotopic (exact) mass is 313 g/mol. The number of anilines is 1. The Kier molecular flexibility index (Phi) is 4.24. The Bertz CT molecular complexity index is 776. The van der Waals surface area contributed by atoms with Crippen LogP contribution in [0, 0.1) is 18.6 Å². The maximum absolute atomic E-state index is 13.3. The third-order valence-corrected chi connectivity index (χ3v) is 4.29. The van der Waals surface area contributed by atoms with Crippen LogP contribution in [0.1, 0.15) is 11.1 Å². The molecule has 0 saturated carbocycles. The Balaban J connectivity index is 2.35. The van der Waals surface area contributed by atoms with Gasteiger partial charge in [-0.15, -0.1) is 0 Å².